The van der Waals surface area contributed by atoms with Gasteiger partial charge in [-0.15, -0.1) is 0 Å². The molecule has 6 heterocycles. The van der Waals surface area contributed by atoms with E-state index in [9.17, 15) is 33.6 Å². The second kappa shape index (κ2) is 27.9. The van der Waals surface area contributed by atoms with Crippen LogP contribution in [0.1, 0.15) is 84.1 Å². The molecule has 0 bridgehead atoms. The van der Waals surface area contributed by atoms with Gasteiger partial charge >= 0.3 is 20.3 Å². The van der Waals surface area contributed by atoms with Gasteiger partial charge in [-0.25, -0.2) is 16.4 Å². The Labute approximate surface area is 485 Å². The lowest BCUT2D eigenvalue weighted by Crippen LogP contribution is -2.38. The fraction of sp³-hybridized carbons (Fsp3) is 0.368. The number of rotatable bonds is 27. The number of carbonyl (C=O) groups excluding carboxylic acids is 4. The second-order valence-electron chi connectivity index (χ2n) is 19.4. The van der Waals surface area contributed by atoms with Gasteiger partial charge in [0.05, 0.1) is 46.3 Å². The number of fused-ring (bicyclic) bond motifs is 1. The number of nitrogens with zero attached hydrogens (tertiary/aromatic N) is 5. The summed E-state index contributed by atoms with van der Waals surface area (Å²) in [6.07, 6.45) is -3.78. The van der Waals surface area contributed by atoms with Gasteiger partial charge in [-0.05, 0) is 66.2 Å². The van der Waals surface area contributed by atoms with Crippen molar-refractivity contribution >= 4 is 60.6 Å². The minimum absolute atomic E-state index is 0.00426. The summed E-state index contributed by atoms with van der Waals surface area (Å²) >= 11 is 1.36. The molecule has 9 rings (SSSR count). The van der Waals surface area contributed by atoms with E-state index < -0.39 is 79.8 Å². The second-order valence-corrected chi connectivity index (χ2v) is 21.4. The third-order valence-corrected chi connectivity index (χ3v) is 15.7. The van der Waals surface area contributed by atoms with Gasteiger partial charge in [0.25, 0.3) is 17.0 Å². The van der Waals surface area contributed by atoms with Crippen LogP contribution in [0.15, 0.2) is 123 Å². The highest BCUT2D eigenvalue weighted by Crippen LogP contribution is 2.48. The van der Waals surface area contributed by atoms with Crippen LogP contribution in [0.2, 0.25) is 0 Å². The van der Waals surface area contributed by atoms with E-state index in [1.165, 1.54) is 46.8 Å². The number of hydrogen-bond acceptors (Lipinski definition) is 19. The predicted molar refractivity (Wildman–Crippen MR) is 304 cm³/mol. The number of carbonyl (C=O) groups is 4. The van der Waals surface area contributed by atoms with Crippen LogP contribution in [0.4, 0.5) is 5.95 Å². The van der Waals surface area contributed by atoms with Crippen molar-refractivity contribution in [3.63, 3.8) is 0 Å². The number of aryl methyl sites for hydroxylation is 1. The van der Waals surface area contributed by atoms with E-state index in [-0.39, 0.29) is 99.4 Å². The number of esters is 1. The fourth-order valence-corrected chi connectivity index (χ4v) is 11.3. The first-order chi connectivity index (χ1) is 40.6. The van der Waals surface area contributed by atoms with Crippen molar-refractivity contribution in [2.45, 2.75) is 88.4 Å². The number of ketones is 1. The van der Waals surface area contributed by atoms with Crippen LogP contribution in [0, 0.1) is 13.5 Å². The average molecular weight is 1190 g/mol. The zero-order valence-electron chi connectivity index (χ0n) is 46.1. The molecule has 2 fully saturated rings. The standard InChI is InChI=1S/C57H60N9O16PS/c1-34-29-65(56(73)64-52(34)70)47-27-42(81-49(69)20-11-35(2)67)45(80-47)31-78-83(77-25-24-58-3)82-43-28-48(66-33-60-50-51(66)62-55(63-54(50)72)61-46(68)21-23-59-53(71)36-22-26-84-32-36)79-44(43)30-76-57(37-9-7-6-8-10-37,38-12-16-40(74-4)17-13-38)39-14-18-41(75-5)19-15-39/h6-10,12-19,22,26,29,32-33,42-45,47-48H,11,20-21,23-25,27-28,30-31H2,1-2,4-5H3,(H,59,71)(H,64,70,73)(H2,61,62,63,68,72)/t42?,43?,44-,45-,47-,48-,83?/m1/s1. The van der Waals surface area contributed by atoms with E-state index in [1.807, 2.05) is 78.9 Å². The Balaban J connectivity index is 1.04. The lowest BCUT2D eigenvalue weighted by molar-refractivity contribution is -0.153. The number of thiophene rings is 1. The number of imidazole rings is 1. The maximum absolute atomic E-state index is 13.6. The Bertz CT molecular complexity index is 3600. The molecule has 0 spiro atoms. The van der Waals surface area contributed by atoms with Crippen LogP contribution in [0.25, 0.3) is 16.0 Å². The molecule has 2 aliphatic heterocycles. The number of hydrogen-bond donors (Lipinski definition) is 4. The minimum atomic E-state index is -2.45. The van der Waals surface area contributed by atoms with E-state index in [0.717, 1.165) is 5.56 Å². The molecule has 4 aromatic heterocycles. The molecule has 0 saturated carbocycles. The SMILES string of the molecule is [C-]#[N+]CCOP(OC[C@H]1O[C@@H](n2cc(C)c(=O)[nH]c2=O)CC1OC(=O)CCC(C)=O)OC1C[C@H](n2cnc3c(=O)[nH]c(NC(=O)CCNC(=O)c4ccsc4)nc32)O[C@@H]1COC(c1ccccc1)(c1ccc(OC)cc1)c1ccc(OC)cc1. The number of nitrogens with one attached hydrogen (secondary N) is 4. The van der Waals surface area contributed by atoms with Gasteiger partial charge in [0.1, 0.15) is 60.3 Å². The molecule has 0 aliphatic carbocycles. The van der Waals surface area contributed by atoms with Gasteiger partial charge in [0, 0.05) is 54.9 Å². The zero-order chi connectivity index (χ0) is 59.3. The van der Waals surface area contributed by atoms with Crippen LogP contribution in [-0.2, 0) is 52.5 Å². The Morgan fingerprint density at radius 1 is 0.821 bits per heavy atom. The molecule has 3 aromatic carbocycles. The molecular formula is C57H60N9O16PS. The van der Waals surface area contributed by atoms with Crippen molar-refractivity contribution in [1.29, 1.82) is 0 Å². The highest BCUT2D eigenvalue weighted by Gasteiger charge is 2.46. The molecule has 2 aliphatic rings. The number of Topliss-reactive ketones (excluding diaryl/α,β-unsaturated/α-hetero) is 1. The monoisotopic (exact) mass is 1190 g/mol. The normalized spacial score (nSPS) is 18.9. The highest BCUT2D eigenvalue weighted by molar-refractivity contribution is 7.41. The predicted octanol–water partition coefficient (Wildman–Crippen LogP) is 6.24. The number of anilines is 1. The number of ether oxygens (including phenoxy) is 6. The summed E-state index contributed by atoms with van der Waals surface area (Å²) in [6, 6.07) is 26.1. The molecule has 7 aromatic rings. The summed E-state index contributed by atoms with van der Waals surface area (Å²) in [5, 5.41) is 8.75. The maximum atomic E-state index is 13.6. The van der Waals surface area contributed by atoms with Crippen molar-refractivity contribution < 1.29 is 61.2 Å². The van der Waals surface area contributed by atoms with Crippen LogP contribution in [0.3, 0.4) is 0 Å². The Kier molecular flexibility index (Phi) is 20.0. The van der Waals surface area contributed by atoms with Gasteiger partial charge < -0.3 is 56.9 Å². The fourth-order valence-electron chi connectivity index (χ4n) is 9.54. The largest absolute Gasteiger partial charge is 0.497 e. The molecule has 25 nitrogen and oxygen atoms in total. The quantitative estimate of drug-likeness (QED) is 0.0145. The molecular weight excluding hydrogens is 1130 g/mol. The number of H-pyrrole nitrogens is 2. The van der Waals surface area contributed by atoms with E-state index in [2.05, 4.69) is 35.4 Å². The van der Waals surface area contributed by atoms with Crippen LogP contribution >= 0.6 is 19.9 Å². The first kappa shape index (κ1) is 60.3. The Hall–Kier alpha value is -8.25. The zero-order valence-corrected chi connectivity index (χ0v) is 47.8. The summed E-state index contributed by atoms with van der Waals surface area (Å²) in [5.74, 6) is -0.775. The lowest BCUT2D eigenvalue weighted by atomic mass is 9.80. The summed E-state index contributed by atoms with van der Waals surface area (Å²) in [4.78, 5) is 107. The van der Waals surface area contributed by atoms with E-state index >= 15 is 0 Å². The highest BCUT2D eigenvalue weighted by atomic mass is 32.1. The number of benzene rings is 3. The third kappa shape index (κ3) is 14.4. The Morgan fingerprint density at radius 3 is 2.14 bits per heavy atom. The van der Waals surface area contributed by atoms with Crippen molar-refractivity contribution in [1.82, 2.24) is 34.4 Å². The maximum Gasteiger partial charge on any atom is 0.333 e. The van der Waals surface area contributed by atoms with Crippen LogP contribution in [-0.4, -0.2) is 124 Å². The molecule has 0 radical (unpaired) electrons. The van der Waals surface area contributed by atoms with Gasteiger partial charge in [0.15, 0.2) is 11.2 Å². The van der Waals surface area contributed by atoms with Gasteiger partial charge in [-0.1, -0.05) is 54.6 Å². The van der Waals surface area contributed by atoms with Gasteiger partial charge in [-0.3, -0.25) is 48.4 Å². The molecule has 7 atom stereocenters. The molecule has 27 heteroatoms. The Morgan fingerprint density at radius 2 is 1.49 bits per heavy atom. The molecule has 3 unspecified atom stereocenters. The van der Waals surface area contributed by atoms with Crippen molar-refractivity contribution in [3.8, 4) is 11.5 Å². The summed E-state index contributed by atoms with van der Waals surface area (Å²) in [6.45, 7) is 9.64. The van der Waals surface area contributed by atoms with Gasteiger partial charge in [0.2, 0.25) is 18.4 Å². The van der Waals surface area contributed by atoms with Crippen LogP contribution < -0.4 is 36.9 Å². The summed E-state index contributed by atoms with van der Waals surface area (Å²) in [7, 11) is 0.688. The summed E-state index contributed by atoms with van der Waals surface area (Å²) < 4.78 is 59.6. The lowest BCUT2D eigenvalue weighted by Gasteiger charge is -2.37. The smallest absolute Gasteiger partial charge is 0.333 e. The third-order valence-electron chi connectivity index (χ3n) is 13.8. The van der Waals surface area contributed by atoms with E-state index in [0.29, 0.717) is 28.2 Å². The summed E-state index contributed by atoms with van der Waals surface area (Å²) in [5.41, 5.74) is -0.507. The minimum Gasteiger partial charge on any atom is -0.497 e. The molecule has 4 N–H and O–H groups in total. The van der Waals surface area contributed by atoms with Crippen molar-refractivity contribution in [3.05, 3.63) is 179 Å². The molecule has 2 saturated heterocycles. The van der Waals surface area contributed by atoms with E-state index in [1.54, 1.807) is 31.0 Å². The number of methoxy groups -OCH3 is 2. The molecule has 2 amide bonds. The topological polar surface area (TPSA) is 298 Å². The van der Waals surface area contributed by atoms with E-state index in [4.69, 9.17) is 48.6 Å². The average Bonchev–Trinajstić information content (AvgIpc) is 2.13. The molecule has 84 heavy (non-hydrogen) atoms. The number of amides is 2. The van der Waals surface area contributed by atoms with Crippen molar-refractivity contribution in [2.75, 3.05) is 52.4 Å². The van der Waals surface area contributed by atoms with Crippen LogP contribution in [0.5, 0.6) is 11.5 Å². The van der Waals surface area contributed by atoms with Gasteiger partial charge in [-0.2, -0.15) is 16.3 Å². The number of aromatic amines is 2. The number of aromatic nitrogens is 6. The molecule has 440 valence electrons. The first-order valence-corrected chi connectivity index (χ1v) is 28.6. The first-order valence-electron chi connectivity index (χ1n) is 26.6. The van der Waals surface area contributed by atoms with Crippen molar-refractivity contribution in [2.24, 2.45) is 0 Å².